The van der Waals surface area contributed by atoms with Crippen LogP contribution < -0.4 is 10.6 Å². The van der Waals surface area contributed by atoms with E-state index in [9.17, 15) is 9.59 Å². The van der Waals surface area contributed by atoms with Crippen LogP contribution in [0.1, 0.15) is 38.5 Å². The molecule has 0 bridgehead atoms. The normalized spacial score (nSPS) is 17.9. The van der Waals surface area contributed by atoms with Crippen molar-refractivity contribution in [2.45, 2.75) is 51.8 Å². The van der Waals surface area contributed by atoms with Gasteiger partial charge in [0.2, 0.25) is 5.91 Å². The monoisotopic (exact) mass is 353 g/mol. The Morgan fingerprint density at radius 2 is 2.21 bits per heavy atom. The van der Waals surface area contributed by atoms with E-state index in [-0.39, 0.29) is 24.1 Å². The van der Waals surface area contributed by atoms with E-state index in [1.165, 1.54) is 4.88 Å². The molecule has 6 nitrogen and oxygen atoms in total. The molecule has 0 aliphatic carbocycles. The first kappa shape index (κ1) is 18.9. The predicted molar refractivity (Wildman–Crippen MR) is 95.0 cm³/mol. The Labute approximate surface area is 147 Å². The second kappa shape index (κ2) is 8.60. The van der Waals surface area contributed by atoms with Crippen LogP contribution in [0.2, 0.25) is 0 Å². The van der Waals surface area contributed by atoms with E-state index in [2.05, 4.69) is 16.7 Å². The molecule has 0 aromatic carbocycles. The topological polar surface area (TPSA) is 70.7 Å². The molecule has 2 N–H and O–H groups in total. The molecule has 134 valence electrons. The molecule has 3 amide bonds. The molecule has 7 heteroatoms. The van der Waals surface area contributed by atoms with Crippen LogP contribution in [0.25, 0.3) is 0 Å². The average molecular weight is 353 g/mol. The van der Waals surface area contributed by atoms with Crippen LogP contribution in [-0.2, 0) is 16.1 Å². The van der Waals surface area contributed by atoms with Crippen LogP contribution in [0.3, 0.4) is 0 Å². The van der Waals surface area contributed by atoms with E-state index in [0.29, 0.717) is 13.1 Å². The van der Waals surface area contributed by atoms with E-state index in [4.69, 9.17) is 4.74 Å². The van der Waals surface area contributed by atoms with Crippen molar-refractivity contribution in [2.24, 2.45) is 0 Å². The molecule has 2 heterocycles. The maximum absolute atomic E-state index is 12.2. The number of nitrogens with one attached hydrogen (secondary N) is 2. The number of imide groups is 1. The number of amides is 3. The fourth-order valence-electron chi connectivity index (χ4n) is 2.63. The van der Waals surface area contributed by atoms with Crippen molar-refractivity contribution >= 4 is 23.3 Å². The summed E-state index contributed by atoms with van der Waals surface area (Å²) in [6.07, 6.45) is 2.26. The smallest absolute Gasteiger partial charge is 0.321 e. The maximum Gasteiger partial charge on any atom is 0.321 e. The third-order valence-corrected chi connectivity index (χ3v) is 4.42. The van der Waals surface area contributed by atoms with E-state index in [1.807, 2.05) is 37.1 Å². The molecule has 1 fully saturated rings. The number of hydrogen-bond acceptors (Lipinski definition) is 5. The second-order valence-electron chi connectivity index (χ2n) is 7.14. The third-order valence-electron chi connectivity index (χ3n) is 3.55. The van der Waals surface area contributed by atoms with Crippen LogP contribution in [0.15, 0.2) is 17.5 Å². The zero-order chi connectivity index (χ0) is 17.6. The van der Waals surface area contributed by atoms with Gasteiger partial charge in [-0.25, -0.2) is 4.79 Å². The number of nitrogens with zero attached hydrogens (tertiary/aromatic N) is 1. The SMILES string of the molecule is CC(C)(C)NC(=O)NC(=O)CN(Cc1cccs1)CC1CCCO1. The molecule has 1 aliphatic heterocycles. The van der Waals surface area contributed by atoms with Gasteiger partial charge in [0.25, 0.3) is 0 Å². The predicted octanol–water partition coefficient (Wildman–Crippen LogP) is 2.35. The molecule has 24 heavy (non-hydrogen) atoms. The van der Waals surface area contributed by atoms with Gasteiger partial charge in [0.15, 0.2) is 0 Å². The van der Waals surface area contributed by atoms with E-state index in [0.717, 1.165) is 19.4 Å². The molecule has 1 aliphatic rings. The largest absolute Gasteiger partial charge is 0.377 e. The summed E-state index contributed by atoms with van der Waals surface area (Å²) in [6, 6.07) is 3.60. The van der Waals surface area contributed by atoms with Crippen molar-refractivity contribution in [3.8, 4) is 0 Å². The van der Waals surface area contributed by atoms with Crippen LogP contribution >= 0.6 is 11.3 Å². The molecular weight excluding hydrogens is 326 g/mol. The lowest BCUT2D eigenvalue weighted by molar-refractivity contribution is -0.121. The first-order valence-electron chi connectivity index (χ1n) is 8.30. The van der Waals surface area contributed by atoms with Gasteiger partial charge in [0, 0.05) is 30.1 Å². The summed E-state index contributed by atoms with van der Waals surface area (Å²) in [4.78, 5) is 27.3. The van der Waals surface area contributed by atoms with Crippen LogP contribution in [-0.4, -0.2) is 48.2 Å². The summed E-state index contributed by atoms with van der Waals surface area (Å²) in [5, 5.41) is 7.16. The molecule has 0 spiro atoms. The fraction of sp³-hybridized carbons (Fsp3) is 0.647. The fourth-order valence-corrected chi connectivity index (χ4v) is 3.37. The lowest BCUT2D eigenvalue weighted by Gasteiger charge is -2.25. The van der Waals surface area contributed by atoms with Gasteiger partial charge in [-0.15, -0.1) is 11.3 Å². The van der Waals surface area contributed by atoms with Crippen molar-refractivity contribution in [3.63, 3.8) is 0 Å². The summed E-state index contributed by atoms with van der Waals surface area (Å²) in [6.45, 7) is 7.97. The molecule has 1 atom stereocenters. The quantitative estimate of drug-likeness (QED) is 0.824. The summed E-state index contributed by atoms with van der Waals surface area (Å²) in [5.41, 5.74) is -0.376. The number of rotatable bonds is 6. The molecule has 0 saturated carbocycles. The van der Waals surface area contributed by atoms with E-state index in [1.54, 1.807) is 11.3 Å². The van der Waals surface area contributed by atoms with Crippen LogP contribution in [0.4, 0.5) is 4.79 Å². The number of thiophene rings is 1. The van der Waals surface area contributed by atoms with Crippen molar-refractivity contribution in [1.29, 1.82) is 0 Å². The maximum atomic E-state index is 12.2. The zero-order valence-corrected chi connectivity index (χ0v) is 15.4. The van der Waals surface area contributed by atoms with Gasteiger partial charge < -0.3 is 10.1 Å². The third kappa shape index (κ3) is 6.98. The Morgan fingerprint density at radius 1 is 1.42 bits per heavy atom. The van der Waals surface area contributed by atoms with Crippen molar-refractivity contribution in [3.05, 3.63) is 22.4 Å². The molecule has 1 aromatic rings. The van der Waals surface area contributed by atoms with Gasteiger partial charge in [-0.05, 0) is 45.1 Å². The standard InChI is InChI=1S/C17H27N3O3S/c1-17(2,3)19-16(22)18-15(21)12-20(10-13-6-4-8-23-13)11-14-7-5-9-24-14/h5,7,9,13H,4,6,8,10-12H2,1-3H3,(H2,18,19,21,22). The highest BCUT2D eigenvalue weighted by Crippen LogP contribution is 2.17. The summed E-state index contributed by atoms with van der Waals surface area (Å²) < 4.78 is 5.68. The number of hydrogen-bond donors (Lipinski definition) is 2. The highest BCUT2D eigenvalue weighted by atomic mass is 32.1. The van der Waals surface area contributed by atoms with Gasteiger partial charge >= 0.3 is 6.03 Å². The second-order valence-corrected chi connectivity index (χ2v) is 8.17. The Balaban J connectivity index is 1.88. The lowest BCUT2D eigenvalue weighted by atomic mass is 10.1. The van der Waals surface area contributed by atoms with Gasteiger partial charge in [-0.3, -0.25) is 15.0 Å². The van der Waals surface area contributed by atoms with E-state index < -0.39 is 6.03 Å². The number of ether oxygens (including phenoxy) is 1. The Kier molecular flexibility index (Phi) is 6.77. The number of carbonyl (C=O) groups is 2. The zero-order valence-electron chi connectivity index (χ0n) is 14.6. The number of carbonyl (C=O) groups excluding carboxylic acids is 2. The summed E-state index contributed by atoms with van der Waals surface area (Å²) in [7, 11) is 0. The van der Waals surface area contributed by atoms with E-state index >= 15 is 0 Å². The highest BCUT2D eigenvalue weighted by Gasteiger charge is 2.22. The lowest BCUT2D eigenvalue weighted by Crippen LogP contribution is -2.50. The summed E-state index contributed by atoms with van der Waals surface area (Å²) >= 11 is 1.66. The van der Waals surface area contributed by atoms with Gasteiger partial charge in [0.1, 0.15) is 0 Å². The first-order chi connectivity index (χ1) is 11.3. The minimum Gasteiger partial charge on any atom is -0.377 e. The van der Waals surface area contributed by atoms with Gasteiger partial charge in [0.05, 0.1) is 12.6 Å². The first-order valence-corrected chi connectivity index (χ1v) is 9.18. The van der Waals surface area contributed by atoms with Crippen molar-refractivity contribution < 1.29 is 14.3 Å². The molecule has 1 saturated heterocycles. The van der Waals surface area contributed by atoms with Gasteiger partial charge in [-0.2, -0.15) is 0 Å². The molecule has 1 unspecified atom stereocenters. The average Bonchev–Trinajstić information content (AvgIpc) is 3.09. The van der Waals surface area contributed by atoms with Crippen LogP contribution in [0.5, 0.6) is 0 Å². The van der Waals surface area contributed by atoms with Crippen molar-refractivity contribution in [2.75, 3.05) is 19.7 Å². The van der Waals surface area contributed by atoms with Gasteiger partial charge in [-0.1, -0.05) is 6.07 Å². The minimum atomic E-state index is -0.458. The Hall–Kier alpha value is -1.44. The Morgan fingerprint density at radius 3 is 2.79 bits per heavy atom. The number of urea groups is 1. The molecule has 0 radical (unpaired) electrons. The summed E-state index contributed by atoms with van der Waals surface area (Å²) in [5.74, 6) is -0.300. The molecular formula is C17H27N3O3S. The Bertz CT molecular complexity index is 534. The molecule has 2 rings (SSSR count). The highest BCUT2D eigenvalue weighted by molar-refractivity contribution is 7.09. The molecule has 1 aromatic heterocycles. The van der Waals surface area contributed by atoms with Crippen molar-refractivity contribution in [1.82, 2.24) is 15.5 Å². The van der Waals surface area contributed by atoms with Crippen LogP contribution in [0, 0.1) is 0 Å². The minimum absolute atomic E-state index is 0.168.